The molecule has 0 spiro atoms. The van der Waals surface area contributed by atoms with Crippen LogP contribution in [0.2, 0.25) is 0 Å². The van der Waals surface area contributed by atoms with Crippen LogP contribution < -0.4 is 29.7 Å². The summed E-state index contributed by atoms with van der Waals surface area (Å²) in [6.45, 7) is 5.89. The number of nitrogens with zero attached hydrogens (tertiary/aromatic N) is 2. The van der Waals surface area contributed by atoms with E-state index in [4.69, 9.17) is 19.2 Å². The highest BCUT2D eigenvalue weighted by molar-refractivity contribution is 14.1. The molecule has 3 aromatic carbocycles. The van der Waals surface area contributed by atoms with Gasteiger partial charge in [-0.2, -0.15) is 0 Å². The molecule has 0 saturated carbocycles. The molecule has 0 radical (unpaired) electrons. The summed E-state index contributed by atoms with van der Waals surface area (Å²) in [5.74, 6) is 0.282. The lowest BCUT2D eigenvalue weighted by atomic mass is 9.95. The summed E-state index contributed by atoms with van der Waals surface area (Å²) in [7, 11) is 0. The van der Waals surface area contributed by atoms with E-state index in [-0.39, 0.29) is 24.7 Å². The Bertz CT molecular complexity index is 1950. The number of carbonyl (C=O) groups is 2. The van der Waals surface area contributed by atoms with Crippen LogP contribution in [0.4, 0.5) is 5.69 Å². The van der Waals surface area contributed by atoms with Gasteiger partial charge in [0.05, 0.1) is 38.6 Å². The number of allylic oxidation sites excluding steroid dienone is 1. The predicted octanol–water partition coefficient (Wildman–Crippen LogP) is 5.58. The third-order valence-corrected chi connectivity index (χ3v) is 9.01. The number of halogens is 2. The molecule has 1 aliphatic heterocycles. The Kier molecular flexibility index (Phi) is 10.6. The Morgan fingerprint density at radius 1 is 1.07 bits per heavy atom. The minimum absolute atomic E-state index is 0.244. The highest BCUT2D eigenvalue weighted by Gasteiger charge is 2.32. The second kappa shape index (κ2) is 14.6. The largest absolute Gasteiger partial charge is 0.494 e. The molecule has 232 valence electrons. The van der Waals surface area contributed by atoms with Crippen LogP contribution in [0.3, 0.4) is 0 Å². The van der Waals surface area contributed by atoms with Crippen molar-refractivity contribution in [2.24, 2.45) is 4.99 Å². The van der Waals surface area contributed by atoms with Gasteiger partial charge in [0.2, 0.25) is 0 Å². The molecule has 1 aromatic heterocycles. The number of para-hydroxylation sites is 1. The van der Waals surface area contributed by atoms with E-state index in [2.05, 4.69) is 43.8 Å². The van der Waals surface area contributed by atoms with Crippen molar-refractivity contribution in [2.75, 3.05) is 25.1 Å². The van der Waals surface area contributed by atoms with Gasteiger partial charge in [-0.15, -0.1) is 0 Å². The zero-order chi connectivity index (χ0) is 32.1. The summed E-state index contributed by atoms with van der Waals surface area (Å²) in [5.41, 5.74) is 2.50. The number of esters is 1. The van der Waals surface area contributed by atoms with Gasteiger partial charge >= 0.3 is 5.97 Å². The van der Waals surface area contributed by atoms with Gasteiger partial charge in [-0.1, -0.05) is 57.6 Å². The van der Waals surface area contributed by atoms with E-state index in [0.717, 1.165) is 13.6 Å². The van der Waals surface area contributed by atoms with E-state index < -0.39 is 12.0 Å². The number of ether oxygens (including phenoxy) is 3. The fraction of sp³-hybridized carbons (Fsp3) is 0.212. The maximum Gasteiger partial charge on any atom is 0.344 e. The lowest BCUT2D eigenvalue weighted by Gasteiger charge is -2.25. The number of rotatable bonds is 10. The Morgan fingerprint density at radius 2 is 1.80 bits per heavy atom. The second-order valence-electron chi connectivity index (χ2n) is 9.80. The fourth-order valence-corrected chi connectivity index (χ4v) is 7.62. The molecule has 4 aromatic rings. The van der Waals surface area contributed by atoms with Gasteiger partial charge in [-0.05, 0) is 91.4 Å². The molecule has 5 rings (SSSR count). The summed E-state index contributed by atoms with van der Waals surface area (Å²) < 4.78 is 20.0. The molecule has 12 heteroatoms. The van der Waals surface area contributed by atoms with Crippen molar-refractivity contribution in [1.82, 2.24) is 4.57 Å². The van der Waals surface area contributed by atoms with Crippen molar-refractivity contribution >= 4 is 73.5 Å². The first-order chi connectivity index (χ1) is 21.7. The summed E-state index contributed by atoms with van der Waals surface area (Å²) in [5, 5.41) is 2.96. The maximum atomic E-state index is 14.2. The quantitative estimate of drug-likeness (QED) is 0.166. The van der Waals surface area contributed by atoms with Gasteiger partial charge in [0.1, 0.15) is 11.5 Å². The number of carbonyl (C=O) groups excluding carboxylic acids is 2. The van der Waals surface area contributed by atoms with Crippen LogP contribution in [0.15, 0.2) is 92.3 Å². The maximum absolute atomic E-state index is 14.2. The summed E-state index contributed by atoms with van der Waals surface area (Å²) in [6, 6.07) is 19.4. The standard InChI is InChI=1S/C33H29BrIN3O6S/c1-4-42-24-13-11-20(12-14-24)29-28(31(40)37-23-9-7-6-8-10-23)19(3)36-33-38(29)32(41)26(45-33)16-21-15-22(34)17-25(35)30(21)44-18-27(39)43-5-2/h6-17,29H,4-5,18H2,1-3H3,(H,37,40)/b26-16-/t29-/m1/s1. The molecule has 0 aliphatic carbocycles. The van der Waals surface area contributed by atoms with Crippen LogP contribution in [0.1, 0.15) is 37.9 Å². The van der Waals surface area contributed by atoms with Crippen LogP contribution in [0.25, 0.3) is 6.08 Å². The average molecular weight is 802 g/mol. The molecule has 2 heterocycles. The summed E-state index contributed by atoms with van der Waals surface area (Å²) in [6.07, 6.45) is 1.72. The number of hydrogen-bond acceptors (Lipinski definition) is 8. The topological polar surface area (TPSA) is 108 Å². The van der Waals surface area contributed by atoms with Crippen LogP contribution in [-0.2, 0) is 14.3 Å². The predicted molar refractivity (Wildman–Crippen MR) is 185 cm³/mol. The van der Waals surface area contributed by atoms with E-state index in [1.165, 1.54) is 11.3 Å². The smallest absolute Gasteiger partial charge is 0.344 e. The van der Waals surface area contributed by atoms with Crippen LogP contribution >= 0.6 is 49.9 Å². The van der Waals surface area contributed by atoms with Gasteiger partial charge in [0, 0.05) is 15.7 Å². The molecule has 1 N–H and O–H groups in total. The van der Waals surface area contributed by atoms with Gasteiger partial charge < -0.3 is 19.5 Å². The Morgan fingerprint density at radius 3 is 2.49 bits per heavy atom. The first kappa shape index (κ1) is 32.6. The number of anilines is 1. The van der Waals surface area contributed by atoms with Crippen molar-refractivity contribution < 1.29 is 23.8 Å². The molecule has 0 unspecified atom stereocenters. The number of hydrogen-bond donors (Lipinski definition) is 1. The van der Waals surface area contributed by atoms with Crippen molar-refractivity contribution in [3.8, 4) is 11.5 Å². The molecule has 0 bridgehead atoms. The highest BCUT2D eigenvalue weighted by atomic mass is 127. The number of nitrogens with one attached hydrogen (secondary N) is 1. The van der Waals surface area contributed by atoms with Gasteiger partial charge in [-0.3, -0.25) is 14.2 Å². The number of fused-ring (bicyclic) bond motifs is 1. The van der Waals surface area contributed by atoms with Crippen LogP contribution in [0, 0.1) is 3.57 Å². The lowest BCUT2D eigenvalue weighted by Crippen LogP contribution is -2.40. The minimum Gasteiger partial charge on any atom is -0.494 e. The molecule has 45 heavy (non-hydrogen) atoms. The number of aromatic nitrogens is 1. The van der Waals surface area contributed by atoms with E-state index in [1.807, 2.05) is 61.5 Å². The molecule has 1 amide bonds. The molecule has 1 aliphatic rings. The van der Waals surface area contributed by atoms with E-state index in [9.17, 15) is 14.4 Å². The molecular formula is C33H29BrIN3O6S. The summed E-state index contributed by atoms with van der Waals surface area (Å²) >= 11 is 6.86. The number of amides is 1. The molecule has 9 nitrogen and oxygen atoms in total. The average Bonchev–Trinajstić information content (AvgIpc) is 3.31. The van der Waals surface area contributed by atoms with Crippen molar-refractivity contribution in [3.05, 3.63) is 117 Å². The first-order valence-corrected chi connectivity index (χ1v) is 16.8. The molecule has 0 fully saturated rings. The lowest BCUT2D eigenvalue weighted by molar-refractivity contribution is -0.145. The van der Waals surface area contributed by atoms with Gasteiger partial charge in [-0.25, -0.2) is 9.79 Å². The zero-order valence-corrected chi connectivity index (χ0v) is 29.2. The van der Waals surface area contributed by atoms with E-state index >= 15 is 0 Å². The third-order valence-electron chi connectivity index (χ3n) is 6.77. The zero-order valence-electron chi connectivity index (χ0n) is 24.6. The number of thiazole rings is 1. The summed E-state index contributed by atoms with van der Waals surface area (Å²) in [4.78, 5) is 45.2. The fourth-order valence-electron chi connectivity index (χ4n) is 4.87. The third kappa shape index (κ3) is 7.39. The minimum atomic E-state index is -0.745. The Labute approximate surface area is 285 Å². The van der Waals surface area contributed by atoms with E-state index in [0.29, 0.717) is 50.0 Å². The monoisotopic (exact) mass is 801 g/mol. The molecule has 0 saturated heterocycles. The first-order valence-electron chi connectivity index (χ1n) is 14.1. The van der Waals surface area contributed by atoms with Crippen LogP contribution in [-0.4, -0.2) is 36.3 Å². The number of benzene rings is 3. The second-order valence-corrected chi connectivity index (χ2v) is 12.9. The van der Waals surface area contributed by atoms with E-state index in [1.54, 1.807) is 36.6 Å². The van der Waals surface area contributed by atoms with Gasteiger partial charge in [0.15, 0.2) is 11.4 Å². The van der Waals surface area contributed by atoms with Crippen molar-refractivity contribution in [2.45, 2.75) is 26.8 Å². The Hall–Kier alpha value is -3.75. The Balaban J connectivity index is 1.64. The highest BCUT2D eigenvalue weighted by Crippen LogP contribution is 2.33. The van der Waals surface area contributed by atoms with Crippen molar-refractivity contribution in [3.63, 3.8) is 0 Å². The molecular weight excluding hydrogens is 773 g/mol. The van der Waals surface area contributed by atoms with Crippen molar-refractivity contribution in [1.29, 1.82) is 0 Å². The SMILES string of the molecule is CCOC(=O)COc1c(I)cc(Br)cc1/C=c1\sc2n(c1=O)[C@H](c1ccc(OCC)cc1)C(C(=O)Nc1ccccc1)=C(C)N=2. The van der Waals surface area contributed by atoms with Gasteiger partial charge in [0.25, 0.3) is 11.5 Å². The van der Waals surface area contributed by atoms with Crippen LogP contribution in [0.5, 0.6) is 11.5 Å². The molecule has 1 atom stereocenters. The normalized spacial score (nSPS) is 14.4.